The Balaban J connectivity index is 2.86. The molecule has 0 aliphatic carbocycles. The van der Waals surface area contributed by atoms with Gasteiger partial charge in [0.25, 0.3) is 0 Å². The first-order valence-electron chi connectivity index (χ1n) is 4.83. The normalized spacial score (nSPS) is 11.3. The molecule has 3 heteroatoms. The molecule has 0 amide bonds. The first kappa shape index (κ1) is 10.8. The van der Waals surface area contributed by atoms with Crippen molar-refractivity contribution in [2.75, 3.05) is 0 Å². The molecule has 0 N–H and O–H groups in total. The minimum atomic E-state index is -0.194. The lowest BCUT2D eigenvalue weighted by Gasteiger charge is -2.10. The third kappa shape index (κ3) is 1.97. The molecule has 1 aromatic heterocycles. The Morgan fingerprint density at radius 3 is 2.73 bits per heavy atom. The van der Waals surface area contributed by atoms with E-state index in [1.165, 1.54) is 12.3 Å². The maximum Gasteiger partial charge on any atom is 0.134 e. The molecule has 1 nitrogen and oxygen atoms in total. The minimum Gasteiger partial charge on any atom is -0.256 e. The molecule has 2 rings (SSSR count). The second kappa shape index (κ2) is 4.04. The van der Waals surface area contributed by atoms with Crippen LogP contribution < -0.4 is 0 Å². The summed E-state index contributed by atoms with van der Waals surface area (Å²) in [5, 5.41) is 0.619. The van der Waals surface area contributed by atoms with Gasteiger partial charge in [-0.25, -0.2) is 4.39 Å². The lowest BCUT2D eigenvalue weighted by atomic mass is 10.00. The van der Waals surface area contributed by atoms with E-state index in [0.29, 0.717) is 11.3 Å². The van der Waals surface area contributed by atoms with Crippen molar-refractivity contribution in [1.29, 1.82) is 0 Å². The van der Waals surface area contributed by atoms with Gasteiger partial charge in [0.2, 0.25) is 0 Å². The Bertz CT molecular complexity index is 508. The van der Waals surface area contributed by atoms with E-state index in [4.69, 9.17) is 0 Å². The van der Waals surface area contributed by atoms with Crippen LogP contribution in [0, 0.1) is 9.39 Å². The number of benzene rings is 1. The molecule has 1 heterocycles. The fourth-order valence-corrected chi connectivity index (χ4v) is 2.30. The quantitative estimate of drug-likeness (QED) is 0.722. The Morgan fingerprint density at radius 1 is 1.33 bits per heavy atom. The molecule has 0 spiro atoms. The maximum absolute atomic E-state index is 13.6. The van der Waals surface area contributed by atoms with Crippen LogP contribution in [0.4, 0.5) is 4.39 Å². The van der Waals surface area contributed by atoms with Crippen molar-refractivity contribution < 1.29 is 4.39 Å². The second-order valence-corrected chi connectivity index (χ2v) is 5.08. The predicted molar refractivity (Wildman–Crippen MR) is 68.5 cm³/mol. The van der Waals surface area contributed by atoms with Gasteiger partial charge in [0.15, 0.2) is 0 Å². The summed E-state index contributed by atoms with van der Waals surface area (Å²) in [7, 11) is 0. The summed E-state index contributed by atoms with van der Waals surface area (Å²) >= 11 is 2.21. The lowest BCUT2D eigenvalue weighted by Crippen LogP contribution is -1.94. The van der Waals surface area contributed by atoms with Crippen LogP contribution in [-0.2, 0) is 0 Å². The summed E-state index contributed by atoms with van der Waals surface area (Å²) in [6.07, 6.45) is 1.52. The highest BCUT2D eigenvalue weighted by Gasteiger charge is 2.10. The van der Waals surface area contributed by atoms with Gasteiger partial charge in [-0.15, -0.1) is 0 Å². The molecule has 0 saturated carbocycles. The van der Waals surface area contributed by atoms with E-state index in [0.717, 1.165) is 14.7 Å². The van der Waals surface area contributed by atoms with E-state index < -0.39 is 0 Å². The van der Waals surface area contributed by atoms with Gasteiger partial charge in [0, 0.05) is 15.2 Å². The van der Waals surface area contributed by atoms with Gasteiger partial charge in [-0.1, -0.05) is 13.8 Å². The van der Waals surface area contributed by atoms with Crippen LogP contribution in [0.5, 0.6) is 0 Å². The number of hydrogen-bond donors (Lipinski definition) is 0. The average molecular weight is 315 g/mol. The Hall–Kier alpha value is -0.710. The Labute approximate surface area is 102 Å². The highest BCUT2D eigenvalue weighted by Crippen LogP contribution is 2.27. The summed E-state index contributed by atoms with van der Waals surface area (Å²) in [4.78, 5) is 4.26. The number of hydrogen-bond acceptors (Lipinski definition) is 1. The summed E-state index contributed by atoms with van der Waals surface area (Å²) in [5.41, 5.74) is 1.89. The fourth-order valence-electron chi connectivity index (χ4n) is 1.65. The Kier molecular flexibility index (Phi) is 2.91. The molecule has 0 bridgehead atoms. The molecule has 1 aromatic carbocycles. The van der Waals surface area contributed by atoms with Gasteiger partial charge in [-0.05, 0) is 52.3 Å². The molecule has 0 radical (unpaired) electrons. The first-order chi connectivity index (χ1) is 7.09. The molecule has 78 valence electrons. The van der Waals surface area contributed by atoms with Crippen molar-refractivity contribution in [3.63, 3.8) is 0 Å². The Morgan fingerprint density at radius 2 is 2.07 bits per heavy atom. The molecule has 0 atom stereocenters. The molecular weight excluding hydrogens is 304 g/mol. The van der Waals surface area contributed by atoms with E-state index in [9.17, 15) is 4.39 Å². The predicted octanol–water partition coefficient (Wildman–Crippen LogP) is 4.10. The summed E-state index contributed by atoms with van der Waals surface area (Å²) in [6, 6.07) is 5.31. The molecule has 2 aromatic rings. The van der Waals surface area contributed by atoms with Crippen molar-refractivity contribution in [3.05, 3.63) is 39.3 Å². The van der Waals surface area contributed by atoms with E-state index in [2.05, 4.69) is 47.5 Å². The zero-order valence-electron chi connectivity index (χ0n) is 8.59. The molecule has 15 heavy (non-hydrogen) atoms. The van der Waals surface area contributed by atoms with Gasteiger partial charge in [0.1, 0.15) is 5.82 Å². The SMILES string of the molecule is CC(C)c1cc(I)cc2c(F)ccnc12. The van der Waals surface area contributed by atoms with E-state index >= 15 is 0 Å². The zero-order chi connectivity index (χ0) is 11.0. The molecule has 0 aliphatic rings. The number of rotatable bonds is 1. The lowest BCUT2D eigenvalue weighted by molar-refractivity contribution is 0.638. The number of halogens is 2. The number of fused-ring (bicyclic) bond motifs is 1. The number of pyridine rings is 1. The topological polar surface area (TPSA) is 12.9 Å². The van der Waals surface area contributed by atoms with Crippen molar-refractivity contribution in [2.24, 2.45) is 0 Å². The van der Waals surface area contributed by atoms with E-state index in [-0.39, 0.29) is 5.82 Å². The monoisotopic (exact) mass is 315 g/mol. The van der Waals surface area contributed by atoms with Crippen LogP contribution in [0.2, 0.25) is 0 Å². The van der Waals surface area contributed by atoms with Crippen molar-refractivity contribution >= 4 is 33.5 Å². The van der Waals surface area contributed by atoms with Gasteiger partial charge < -0.3 is 0 Å². The van der Waals surface area contributed by atoms with Gasteiger partial charge in [-0.2, -0.15) is 0 Å². The van der Waals surface area contributed by atoms with Crippen molar-refractivity contribution in [1.82, 2.24) is 4.98 Å². The smallest absolute Gasteiger partial charge is 0.134 e. The van der Waals surface area contributed by atoms with Crippen molar-refractivity contribution in [2.45, 2.75) is 19.8 Å². The molecule has 0 unspecified atom stereocenters. The van der Waals surface area contributed by atoms with E-state index in [1.807, 2.05) is 6.07 Å². The maximum atomic E-state index is 13.6. The molecule has 0 fully saturated rings. The van der Waals surface area contributed by atoms with Gasteiger partial charge in [-0.3, -0.25) is 4.98 Å². The standard InChI is InChI=1S/C12H11FIN/c1-7(2)9-5-8(14)6-10-11(13)3-4-15-12(9)10/h3-7H,1-2H3. The van der Waals surface area contributed by atoms with Gasteiger partial charge in [0.05, 0.1) is 5.52 Å². The number of aromatic nitrogens is 1. The minimum absolute atomic E-state index is 0.194. The van der Waals surface area contributed by atoms with Crippen LogP contribution in [-0.4, -0.2) is 4.98 Å². The van der Waals surface area contributed by atoms with Crippen LogP contribution in [0.15, 0.2) is 24.4 Å². The molecular formula is C12H11FIN. The highest BCUT2D eigenvalue weighted by atomic mass is 127. The zero-order valence-corrected chi connectivity index (χ0v) is 10.7. The molecule has 0 saturated heterocycles. The summed E-state index contributed by atoms with van der Waals surface area (Å²) in [5.74, 6) is 0.164. The largest absolute Gasteiger partial charge is 0.256 e. The number of nitrogens with zero attached hydrogens (tertiary/aromatic N) is 1. The highest BCUT2D eigenvalue weighted by molar-refractivity contribution is 14.1. The van der Waals surface area contributed by atoms with Crippen LogP contribution in [0.3, 0.4) is 0 Å². The van der Waals surface area contributed by atoms with Crippen LogP contribution in [0.1, 0.15) is 25.3 Å². The van der Waals surface area contributed by atoms with Crippen LogP contribution in [0.25, 0.3) is 10.9 Å². The third-order valence-electron chi connectivity index (χ3n) is 2.41. The summed E-state index contributed by atoms with van der Waals surface area (Å²) < 4.78 is 14.6. The first-order valence-corrected chi connectivity index (χ1v) is 5.91. The van der Waals surface area contributed by atoms with Crippen molar-refractivity contribution in [3.8, 4) is 0 Å². The summed E-state index contributed by atoms with van der Waals surface area (Å²) in [6.45, 7) is 4.19. The fraction of sp³-hybridized carbons (Fsp3) is 0.250. The average Bonchev–Trinajstić information content (AvgIpc) is 2.18. The van der Waals surface area contributed by atoms with Gasteiger partial charge >= 0.3 is 0 Å². The molecule has 0 aliphatic heterocycles. The van der Waals surface area contributed by atoms with E-state index in [1.54, 1.807) is 0 Å². The third-order valence-corrected chi connectivity index (χ3v) is 3.03. The van der Waals surface area contributed by atoms with Crippen LogP contribution >= 0.6 is 22.6 Å². The second-order valence-electron chi connectivity index (χ2n) is 3.84.